The molecular weight excluding hydrogens is 832 g/mol. The van der Waals surface area contributed by atoms with Gasteiger partial charge in [0.05, 0.1) is 56.6 Å². The molecule has 5 atom stereocenters. The van der Waals surface area contributed by atoms with E-state index in [1.807, 2.05) is 61.9 Å². The van der Waals surface area contributed by atoms with Crippen LogP contribution in [-0.4, -0.2) is 115 Å². The molecule has 5 unspecified atom stereocenters. The Morgan fingerprint density at radius 1 is 0.815 bits per heavy atom. The van der Waals surface area contributed by atoms with Gasteiger partial charge in [0.25, 0.3) is 0 Å². The third-order valence-corrected chi connectivity index (χ3v) is 14.0. The number of fused-ring (bicyclic) bond motifs is 4. The molecule has 1 aromatic heterocycles. The van der Waals surface area contributed by atoms with Crippen LogP contribution in [0.2, 0.25) is 0 Å². The number of carbonyl (C=O) groups excluding carboxylic acids is 4. The number of likely N-dealkylation sites (tertiary alicyclic amines) is 2. The SMILES string of the molecule is COC(=O)NC(C(=O)N1CCCC1C1=NC=C(C2=CC3=C(CC2)c2c(F)c4cc(C5CN=C(C6CCCCN6C(=O)C(NC(=O)OC)C(C)C)N5)ccc4n2CCO3)CCCC1)C(C)C. The van der Waals surface area contributed by atoms with Gasteiger partial charge in [0.2, 0.25) is 11.8 Å². The minimum absolute atomic E-state index is 0.106. The van der Waals surface area contributed by atoms with Crippen LogP contribution in [0.5, 0.6) is 0 Å². The summed E-state index contributed by atoms with van der Waals surface area (Å²) >= 11 is 0. The number of amides is 4. The van der Waals surface area contributed by atoms with Crippen LogP contribution in [0.3, 0.4) is 0 Å². The summed E-state index contributed by atoms with van der Waals surface area (Å²) in [5.41, 5.74) is 6.46. The van der Waals surface area contributed by atoms with Crippen molar-refractivity contribution in [3.05, 3.63) is 64.5 Å². The first-order valence-electron chi connectivity index (χ1n) is 23.6. The predicted octanol–water partition coefficient (Wildman–Crippen LogP) is 7.32. The molecule has 0 bridgehead atoms. The van der Waals surface area contributed by atoms with Crippen molar-refractivity contribution in [3.63, 3.8) is 0 Å². The van der Waals surface area contributed by atoms with Gasteiger partial charge in [0, 0.05) is 36.0 Å². The van der Waals surface area contributed by atoms with E-state index in [0.29, 0.717) is 56.0 Å². The maximum Gasteiger partial charge on any atom is 0.407 e. The normalized spacial score (nSPS) is 23.4. The van der Waals surface area contributed by atoms with Crippen molar-refractivity contribution in [2.24, 2.45) is 21.8 Å². The number of aromatic nitrogens is 1. The number of nitrogens with zero attached hydrogens (tertiary/aromatic N) is 5. The van der Waals surface area contributed by atoms with Crippen LogP contribution in [0.1, 0.15) is 116 Å². The first-order valence-corrected chi connectivity index (χ1v) is 23.6. The largest absolute Gasteiger partial charge is 0.491 e. The van der Waals surface area contributed by atoms with Gasteiger partial charge in [0.15, 0.2) is 5.82 Å². The van der Waals surface area contributed by atoms with E-state index >= 15 is 4.39 Å². The van der Waals surface area contributed by atoms with E-state index in [0.717, 1.165) is 104 Å². The molecule has 6 aliphatic rings. The molecule has 2 fully saturated rings. The second-order valence-electron chi connectivity index (χ2n) is 18.8. The fourth-order valence-electron chi connectivity index (χ4n) is 10.5. The van der Waals surface area contributed by atoms with Gasteiger partial charge in [0.1, 0.15) is 30.3 Å². The second kappa shape index (κ2) is 19.8. The summed E-state index contributed by atoms with van der Waals surface area (Å²) in [7, 11) is 2.59. The van der Waals surface area contributed by atoms with Gasteiger partial charge >= 0.3 is 12.2 Å². The van der Waals surface area contributed by atoms with Crippen LogP contribution in [0.4, 0.5) is 14.0 Å². The fraction of sp³-hybridized carbons (Fsp3) is 0.592. The Kier molecular flexibility index (Phi) is 14.0. The van der Waals surface area contributed by atoms with Gasteiger partial charge in [-0.25, -0.2) is 14.0 Å². The summed E-state index contributed by atoms with van der Waals surface area (Å²) in [6, 6.07) is 4.03. The summed E-state index contributed by atoms with van der Waals surface area (Å²) in [6.07, 6.45) is 12.0. The zero-order chi connectivity index (χ0) is 45.9. The summed E-state index contributed by atoms with van der Waals surface area (Å²) in [5, 5.41) is 9.63. The van der Waals surface area contributed by atoms with E-state index in [1.54, 1.807) is 0 Å². The third kappa shape index (κ3) is 9.40. The number of allylic oxidation sites excluding steroid dienone is 4. The lowest BCUT2D eigenvalue weighted by Crippen LogP contribution is -2.58. The van der Waals surface area contributed by atoms with Gasteiger partial charge < -0.3 is 44.5 Å². The van der Waals surface area contributed by atoms with Gasteiger partial charge in [-0.3, -0.25) is 19.6 Å². The maximum absolute atomic E-state index is 17.0. The van der Waals surface area contributed by atoms with E-state index in [9.17, 15) is 19.2 Å². The first-order chi connectivity index (χ1) is 31.4. The average Bonchev–Trinajstić information content (AvgIpc) is 4.02. The molecule has 16 heteroatoms. The van der Waals surface area contributed by atoms with E-state index < -0.39 is 24.3 Å². The molecule has 6 heterocycles. The van der Waals surface area contributed by atoms with Crippen LogP contribution in [0.25, 0.3) is 16.5 Å². The fourth-order valence-corrected chi connectivity index (χ4v) is 10.5. The van der Waals surface area contributed by atoms with Crippen molar-refractivity contribution in [1.29, 1.82) is 0 Å². The van der Waals surface area contributed by atoms with Gasteiger partial charge in [-0.2, -0.15) is 0 Å². The maximum atomic E-state index is 17.0. The molecule has 1 aliphatic carbocycles. The van der Waals surface area contributed by atoms with Crippen molar-refractivity contribution in [3.8, 4) is 0 Å². The topological polar surface area (TPSA) is 168 Å². The highest BCUT2D eigenvalue weighted by Crippen LogP contribution is 2.42. The zero-order valence-electron chi connectivity index (χ0n) is 38.7. The minimum Gasteiger partial charge on any atom is -0.491 e. The summed E-state index contributed by atoms with van der Waals surface area (Å²) in [4.78, 5) is 65.6. The van der Waals surface area contributed by atoms with E-state index in [2.05, 4.69) is 26.6 Å². The van der Waals surface area contributed by atoms with Crippen LogP contribution in [-0.2, 0) is 30.3 Å². The molecule has 350 valence electrons. The van der Waals surface area contributed by atoms with Crippen molar-refractivity contribution in [2.75, 3.05) is 40.5 Å². The number of hydrogen-bond donors (Lipinski definition) is 3. The number of aliphatic imine (C=N–C) groups is 2. The number of methoxy groups -OCH3 is 2. The molecule has 0 radical (unpaired) electrons. The number of ether oxygens (including phenoxy) is 3. The van der Waals surface area contributed by atoms with Crippen molar-refractivity contribution in [1.82, 2.24) is 30.3 Å². The number of carbonyl (C=O) groups is 4. The summed E-state index contributed by atoms with van der Waals surface area (Å²) in [5.74, 6) is 0.695. The highest BCUT2D eigenvalue weighted by atomic mass is 19.1. The molecule has 65 heavy (non-hydrogen) atoms. The molecule has 8 rings (SSSR count). The molecule has 0 spiro atoms. The molecule has 3 N–H and O–H groups in total. The average molecular weight is 897 g/mol. The van der Waals surface area contributed by atoms with Crippen molar-refractivity contribution in [2.45, 2.75) is 135 Å². The Balaban J connectivity index is 1.01. The number of hydrogen-bond acceptors (Lipinski definition) is 10. The molecule has 0 saturated carbocycles. The van der Waals surface area contributed by atoms with Gasteiger partial charge in [-0.05, 0) is 117 Å². The molecule has 5 aliphatic heterocycles. The van der Waals surface area contributed by atoms with Crippen LogP contribution < -0.4 is 16.0 Å². The molecule has 1 aromatic carbocycles. The number of rotatable bonds is 10. The Labute approximate surface area is 381 Å². The molecule has 4 amide bonds. The van der Waals surface area contributed by atoms with Gasteiger partial charge in [-0.15, -0.1) is 0 Å². The number of nitrogens with one attached hydrogen (secondary N) is 3. The van der Waals surface area contributed by atoms with E-state index in [1.165, 1.54) is 14.2 Å². The number of amidine groups is 1. The number of piperidine rings is 1. The Morgan fingerprint density at radius 3 is 2.20 bits per heavy atom. The van der Waals surface area contributed by atoms with Crippen molar-refractivity contribution < 1.29 is 37.8 Å². The molecule has 2 aromatic rings. The third-order valence-electron chi connectivity index (χ3n) is 14.0. The highest BCUT2D eigenvalue weighted by molar-refractivity contribution is 5.97. The number of halogens is 1. The van der Waals surface area contributed by atoms with Crippen molar-refractivity contribution >= 4 is 52.0 Å². The quantitative estimate of drug-likeness (QED) is 0.223. The van der Waals surface area contributed by atoms with Gasteiger partial charge in [-0.1, -0.05) is 33.8 Å². The van der Waals surface area contributed by atoms with Crippen LogP contribution >= 0.6 is 0 Å². The zero-order valence-corrected chi connectivity index (χ0v) is 38.7. The van der Waals surface area contributed by atoms with E-state index in [4.69, 9.17) is 24.2 Å². The van der Waals surface area contributed by atoms with Crippen LogP contribution in [0.15, 0.2) is 57.4 Å². The van der Waals surface area contributed by atoms with E-state index in [-0.39, 0.29) is 47.6 Å². The summed E-state index contributed by atoms with van der Waals surface area (Å²) < 4.78 is 35.0. The Bertz CT molecular complexity index is 2350. The minimum atomic E-state index is -0.721. The summed E-state index contributed by atoms with van der Waals surface area (Å²) in [6.45, 7) is 10.2. The molecule has 15 nitrogen and oxygen atoms in total. The lowest BCUT2D eigenvalue weighted by molar-refractivity contribution is -0.136. The predicted molar refractivity (Wildman–Crippen MR) is 247 cm³/mol. The lowest BCUT2D eigenvalue weighted by Gasteiger charge is -2.38. The molecule has 2 saturated heterocycles. The monoisotopic (exact) mass is 896 g/mol. The Morgan fingerprint density at radius 2 is 1.49 bits per heavy atom. The first kappa shape index (κ1) is 45.9. The molecular formula is C49H65FN8O7. The lowest BCUT2D eigenvalue weighted by atomic mass is 9.88. The van der Waals surface area contributed by atoms with Crippen LogP contribution in [0, 0.1) is 17.7 Å². The highest BCUT2D eigenvalue weighted by Gasteiger charge is 2.40. The second-order valence-corrected chi connectivity index (χ2v) is 18.8. The smallest absolute Gasteiger partial charge is 0.407 e. The Hall–Kier alpha value is -5.67. The number of alkyl carbamates (subject to hydrolysis) is 2. The number of benzene rings is 1. The standard InChI is InChI=1S/C49H65FN8O7/c1-28(2)42(54-48(61)63-5)46(59)57-21-11-15-38(57)35-13-8-7-12-32(26-51-35)30-16-18-33-40(25-30)65-23-22-56-37-19-17-31(24-34(37)41(50)44(33)56)36-27-52-45(53-36)39-14-9-10-20-58(39)47(60)43(29(3)4)55-49(62)64-6/h17,19,24-26,28-29,36,38-39,42-43H,7-16,18,20-23,27H2,1-6H3,(H,52,53)(H,54,61)(H,55,62).